The number of para-hydroxylation sites is 1. The van der Waals surface area contributed by atoms with Crippen LogP contribution < -0.4 is 4.74 Å². The van der Waals surface area contributed by atoms with Gasteiger partial charge in [0.15, 0.2) is 18.2 Å². The first-order valence-corrected chi connectivity index (χ1v) is 7.41. The fourth-order valence-electron chi connectivity index (χ4n) is 2.52. The first-order valence-electron chi connectivity index (χ1n) is 7.41. The number of carbonyl (C=O) groups excluding carboxylic acids is 1. The van der Waals surface area contributed by atoms with Gasteiger partial charge in [-0.3, -0.25) is 4.79 Å². The maximum Gasteiger partial charge on any atom is 0.261 e. The van der Waals surface area contributed by atoms with Gasteiger partial charge in [-0.05, 0) is 19.1 Å². The third kappa shape index (κ3) is 3.50. The Morgan fingerprint density at radius 3 is 3.09 bits per heavy atom. The zero-order valence-corrected chi connectivity index (χ0v) is 12.8. The molecule has 1 aliphatic heterocycles. The van der Waals surface area contributed by atoms with Gasteiger partial charge in [0.2, 0.25) is 0 Å². The van der Waals surface area contributed by atoms with Crippen molar-refractivity contribution in [3.05, 3.63) is 47.8 Å². The molecule has 0 saturated carbocycles. The van der Waals surface area contributed by atoms with Gasteiger partial charge < -0.3 is 19.4 Å². The van der Waals surface area contributed by atoms with Crippen LogP contribution in [0, 0.1) is 12.7 Å². The smallest absolute Gasteiger partial charge is 0.261 e. The minimum absolute atomic E-state index is 0.0690. The minimum Gasteiger partial charge on any atom is -0.481 e. The van der Waals surface area contributed by atoms with Gasteiger partial charge in [-0.2, -0.15) is 0 Å². The summed E-state index contributed by atoms with van der Waals surface area (Å²) >= 11 is 0. The predicted molar refractivity (Wildman–Crippen MR) is 80.5 cm³/mol. The van der Waals surface area contributed by atoms with Crippen molar-refractivity contribution >= 4 is 5.91 Å². The lowest BCUT2D eigenvalue weighted by Crippen LogP contribution is -2.45. The van der Waals surface area contributed by atoms with Gasteiger partial charge in [0.05, 0.1) is 13.2 Å². The van der Waals surface area contributed by atoms with Gasteiger partial charge in [-0.1, -0.05) is 12.1 Å². The third-order valence-corrected chi connectivity index (χ3v) is 3.67. The minimum atomic E-state index is -0.486. The second kappa shape index (κ2) is 6.78. The zero-order chi connectivity index (χ0) is 16.2. The standard InChI is InChI=1S/C16H18FN3O3/c1-11-8-18-16(19-11)13-9-22-7-6-20(13)15(21)10-23-14-5-3-2-4-12(14)17/h2-5,8,13H,6-7,9-10H2,1H3,(H,18,19)/t13-/m0/s1. The van der Waals surface area contributed by atoms with Crippen molar-refractivity contribution in [1.29, 1.82) is 0 Å². The van der Waals surface area contributed by atoms with Crippen molar-refractivity contribution < 1.29 is 18.7 Å². The SMILES string of the molecule is Cc1cnc([C@@H]2COCCN2C(=O)COc2ccccc2F)[nH]1. The maximum absolute atomic E-state index is 13.5. The number of ether oxygens (including phenoxy) is 2. The topological polar surface area (TPSA) is 67.4 Å². The second-order valence-electron chi connectivity index (χ2n) is 5.35. The Hall–Kier alpha value is -2.41. The molecule has 0 radical (unpaired) electrons. The third-order valence-electron chi connectivity index (χ3n) is 3.67. The molecule has 6 nitrogen and oxygen atoms in total. The van der Waals surface area contributed by atoms with E-state index in [2.05, 4.69) is 9.97 Å². The molecule has 0 unspecified atom stereocenters. The normalized spacial score (nSPS) is 18.0. The molecule has 1 aromatic carbocycles. The number of hydrogen-bond acceptors (Lipinski definition) is 4. The van der Waals surface area contributed by atoms with Crippen LogP contribution in [0.1, 0.15) is 17.6 Å². The lowest BCUT2D eigenvalue weighted by atomic mass is 10.2. The quantitative estimate of drug-likeness (QED) is 0.934. The van der Waals surface area contributed by atoms with Gasteiger partial charge >= 0.3 is 0 Å². The summed E-state index contributed by atoms with van der Waals surface area (Å²) in [4.78, 5) is 21.5. The van der Waals surface area contributed by atoms with Gasteiger partial charge in [-0.25, -0.2) is 9.37 Å². The van der Waals surface area contributed by atoms with Crippen LogP contribution in [0.3, 0.4) is 0 Å². The predicted octanol–water partition coefficient (Wildman–Crippen LogP) is 1.84. The number of halogens is 1. The highest BCUT2D eigenvalue weighted by molar-refractivity contribution is 5.78. The van der Waals surface area contributed by atoms with Crippen molar-refractivity contribution in [2.45, 2.75) is 13.0 Å². The number of nitrogens with one attached hydrogen (secondary N) is 1. The molecule has 1 N–H and O–H groups in total. The Morgan fingerprint density at radius 2 is 2.35 bits per heavy atom. The summed E-state index contributed by atoms with van der Waals surface area (Å²) in [6, 6.07) is 5.74. The van der Waals surface area contributed by atoms with E-state index in [1.165, 1.54) is 12.1 Å². The number of imidazole rings is 1. The Labute approximate surface area is 133 Å². The van der Waals surface area contributed by atoms with Crippen LogP contribution in [-0.2, 0) is 9.53 Å². The van der Waals surface area contributed by atoms with Crippen molar-refractivity contribution in [3.8, 4) is 5.75 Å². The first-order chi connectivity index (χ1) is 11.1. The van der Waals surface area contributed by atoms with Crippen molar-refractivity contribution in [2.75, 3.05) is 26.4 Å². The molecule has 1 aromatic heterocycles. The Bertz CT molecular complexity index is 689. The summed E-state index contributed by atoms with van der Waals surface area (Å²) < 4.78 is 24.3. The highest BCUT2D eigenvalue weighted by atomic mass is 19.1. The van der Waals surface area contributed by atoms with Crippen LogP contribution in [0.25, 0.3) is 0 Å². The highest BCUT2D eigenvalue weighted by Crippen LogP contribution is 2.22. The Balaban J connectivity index is 1.68. The average Bonchev–Trinajstić information content (AvgIpc) is 3.00. The molecular weight excluding hydrogens is 301 g/mol. The average molecular weight is 319 g/mol. The van der Waals surface area contributed by atoms with Crippen LogP contribution >= 0.6 is 0 Å². The summed E-state index contributed by atoms with van der Waals surface area (Å²) in [7, 11) is 0. The molecule has 0 aliphatic carbocycles. The number of nitrogens with zero attached hydrogens (tertiary/aromatic N) is 2. The molecule has 1 fully saturated rings. The summed E-state index contributed by atoms with van der Waals surface area (Å²) in [6.07, 6.45) is 1.71. The number of hydrogen-bond donors (Lipinski definition) is 1. The van der Waals surface area contributed by atoms with Crippen LogP contribution in [0.15, 0.2) is 30.5 Å². The number of H-pyrrole nitrogens is 1. The van der Waals surface area contributed by atoms with Crippen molar-refractivity contribution in [2.24, 2.45) is 0 Å². The molecule has 3 rings (SSSR count). The first kappa shape index (κ1) is 15.5. The second-order valence-corrected chi connectivity index (χ2v) is 5.35. The van der Waals surface area contributed by atoms with Gasteiger partial charge in [-0.15, -0.1) is 0 Å². The fraction of sp³-hybridized carbons (Fsp3) is 0.375. The number of aryl methyl sites for hydroxylation is 1. The largest absolute Gasteiger partial charge is 0.481 e. The zero-order valence-electron chi connectivity index (χ0n) is 12.8. The van der Waals surface area contributed by atoms with Gasteiger partial charge in [0.25, 0.3) is 5.91 Å². The Kier molecular flexibility index (Phi) is 4.57. The Morgan fingerprint density at radius 1 is 1.52 bits per heavy atom. The molecule has 2 heterocycles. The van der Waals surface area contributed by atoms with E-state index in [0.29, 0.717) is 25.6 Å². The van der Waals surface area contributed by atoms with Crippen LogP contribution in [0.2, 0.25) is 0 Å². The molecule has 2 aromatic rings. The molecule has 23 heavy (non-hydrogen) atoms. The number of amides is 1. The van der Waals surface area contributed by atoms with E-state index in [1.54, 1.807) is 23.2 Å². The van der Waals surface area contributed by atoms with Crippen LogP contribution in [0.5, 0.6) is 5.75 Å². The molecule has 0 bridgehead atoms. The van der Waals surface area contributed by atoms with E-state index in [9.17, 15) is 9.18 Å². The summed E-state index contributed by atoms with van der Waals surface area (Å²) in [5.74, 6) is 0.0389. The van der Waals surface area contributed by atoms with E-state index < -0.39 is 5.82 Å². The van der Waals surface area contributed by atoms with Crippen molar-refractivity contribution in [3.63, 3.8) is 0 Å². The molecule has 7 heteroatoms. The molecule has 1 aliphatic rings. The molecule has 0 spiro atoms. The highest BCUT2D eigenvalue weighted by Gasteiger charge is 2.30. The lowest BCUT2D eigenvalue weighted by Gasteiger charge is -2.34. The molecule has 1 atom stereocenters. The number of benzene rings is 1. The van der Waals surface area contributed by atoms with Gasteiger partial charge in [0, 0.05) is 18.4 Å². The van der Waals surface area contributed by atoms with Crippen LogP contribution in [0.4, 0.5) is 4.39 Å². The molecule has 1 saturated heterocycles. The number of morpholine rings is 1. The van der Waals surface area contributed by atoms with E-state index in [1.807, 2.05) is 6.92 Å². The maximum atomic E-state index is 13.5. The summed E-state index contributed by atoms with van der Waals surface area (Å²) in [5, 5.41) is 0. The van der Waals surface area contributed by atoms with E-state index in [-0.39, 0.29) is 24.3 Å². The monoisotopic (exact) mass is 319 g/mol. The summed E-state index contributed by atoms with van der Waals surface area (Å²) in [6.45, 7) is 2.95. The fourth-order valence-corrected chi connectivity index (χ4v) is 2.52. The number of aromatic nitrogens is 2. The van der Waals surface area contributed by atoms with E-state index >= 15 is 0 Å². The lowest BCUT2D eigenvalue weighted by molar-refractivity contribution is -0.142. The number of carbonyl (C=O) groups is 1. The molecule has 1 amide bonds. The molecule has 122 valence electrons. The van der Waals surface area contributed by atoms with E-state index in [4.69, 9.17) is 9.47 Å². The van der Waals surface area contributed by atoms with Crippen LogP contribution in [-0.4, -0.2) is 47.1 Å². The van der Waals surface area contributed by atoms with E-state index in [0.717, 1.165) is 5.69 Å². The number of aromatic amines is 1. The molecular formula is C16H18FN3O3. The van der Waals surface area contributed by atoms with Gasteiger partial charge in [0.1, 0.15) is 11.9 Å². The van der Waals surface area contributed by atoms with Crippen molar-refractivity contribution in [1.82, 2.24) is 14.9 Å². The summed E-state index contributed by atoms with van der Waals surface area (Å²) in [5.41, 5.74) is 0.917. The number of rotatable bonds is 4.